The zero-order chi connectivity index (χ0) is 19.0. The van der Waals surface area contributed by atoms with Crippen molar-refractivity contribution < 1.29 is 9.59 Å². The van der Waals surface area contributed by atoms with Crippen molar-refractivity contribution in [1.29, 1.82) is 0 Å². The van der Waals surface area contributed by atoms with Gasteiger partial charge in [0.15, 0.2) is 0 Å². The summed E-state index contributed by atoms with van der Waals surface area (Å²) in [6.45, 7) is 0.119. The summed E-state index contributed by atoms with van der Waals surface area (Å²) >= 11 is 13.0. The summed E-state index contributed by atoms with van der Waals surface area (Å²) in [7, 11) is 0. The second-order valence-electron chi connectivity index (χ2n) is 6.07. The topological polar surface area (TPSA) is 37.4 Å². The maximum Gasteiger partial charge on any atom is 0.293 e. The molecule has 4 rings (SSSR count). The van der Waals surface area contributed by atoms with Gasteiger partial charge in [-0.05, 0) is 51.9 Å². The third-order valence-corrected chi connectivity index (χ3v) is 5.82. The number of nitrogens with zero attached hydrogens (tertiary/aromatic N) is 1. The number of imide groups is 1. The van der Waals surface area contributed by atoms with E-state index in [0.717, 1.165) is 28.1 Å². The zero-order valence-electron chi connectivity index (χ0n) is 14.0. The van der Waals surface area contributed by atoms with E-state index in [-0.39, 0.29) is 17.7 Å². The summed E-state index contributed by atoms with van der Waals surface area (Å²) < 4.78 is 0. The van der Waals surface area contributed by atoms with Crippen molar-refractivity contribution in [3.05, 3.63) is 86.7 Å². The lowest BCUT2D eigenvalue weighted by Gasteiger charge is -2.13. The van der Waals surface area contributed by atoms with Gasteiger partial charge >= 0.3 is 0 Å². The van der Waals surface area contributed by atoms with Gasteiger partial charge in [-0.1, -0.05) is 71.7 Å². The number of carbonyl (C=O) groups is 2. The predicted molar refractivity (Wildman–Crippen MR) is 112 cm³/mol. The molecule has 2 amide bonds. The van der Waals surface area contributed by atoms with Crippen molar-refractivity contribution in [2.75, 3.05) is 0 Å². The summed E-state index contributed by atoms with van der Waals surface area (Å²) in [5.41, 5.74) is 1.58. The van der Waals surface area contributed by atoms with Gasteiger partial charge in [0, 0.05) is 10.0 Å². The highest BCUT2D eigenvalue weighted by Crippen LogP contribution is 2.35. The van der Waals surface area contributed by atoms with Crippen molar-refractivity contribution in [3.8, 4) is 0 Å². The Kier molecular flexibility index (Phi) is 4.96. The Bertz CT molecular complexity index is 1110. The van der Waals surface area contributed by atoms with Gasteiger partial charge in [0.1, 0.15) is 0 Å². The molecule has 0 bridgehead atoms. The van der Waals surface area contributed by atoms with Crippen molar-refractivity contribution in [2.45, 2.75) is 6.54 Å². The molecular formula is C21H13Cl2NO2S. The molecule has 1 heterocycles. The van der Waals surface area contributed by atoms with Crippen LogP contribution in [-0.4, -0.2) is 16.0 Å². The Balaban J connectivity index is 1.65. The van der Waals surface area contributed by atoms with E-state index in [9.17, 15) is 9.59 Å². The van der Waals surface area contributed by atoms with Crippen LogP contribution >= 0.6 is 35.0 Å². The van der Waals surface area contributed by atoms with Crippen LogP contribution in [0.5, 0.6) is 0 Å². The standard InChI is InChI=1S/C21H13Cl2NO2S/c22-16-9-8-15(18(23)11-16)12-24-20(25)19(27-21(24)26)10-14-6-3-5-13-4-1-2-7-17(13)14/h1-11H,12H2/b19-10+. The second kappa shape index (κ2) is 7.39. The number of fused-ring (bicyclic) bond motifs is 1. The van der Waals surface area contributed by atoms with Crippen LogP contribution in [0.3, 0.4) is 0 Å². The average Bonchev–Trinajstić information content (AvgIpc) is 2.91. The molecule has 3 nitrogen and oxygen atoms in total. The Morgan fingerprint density at radius 3 is 2.56 bits per heavy atom. The largest absolute Gasteiger partial charge is 0.293 e. The van der Waals surface area contributed by atoms with E-state index in [4.69, 9.17) is 23.2 Å². The van der Waals surface area contributed by atoms with Crippen LogP contribution in [0.1, 0.15) is 11.1 Å². The molecule has 3 aromatic rings. The fourth-order valence-electron chi connectivity index (χ4n) is 2.97. The van der Waals surface area contributed by atoms with Gasteiger partial charge in [0.25, 0.3) is 11.1 Å². The number of rotatable bonds is 3. The molecular weight excluding hydrogens is 401 g/mol. The molecule has 0 N–H and O–H groups in total. The van der Waals surface area contributed by atoms with Crippen LogP contribution in [0.15, 0.2) is 65.6 Å². The molecule has 134 valence electrons. The maximum atomic E-state index is 12.8. The van der Waals surface area contributed by atoms with Gasteiger partial charge in [-0.25, -0.2) is 0 Å². The Labute approximate surface area is 170 Å². The number of amides is 2. The fourth-order valence-corrected chi connectivity index (χ4v) is 4.27. The fraction of sp³-hybridized carbons (Fsp3) is 0.0476. The molecule has 3 aromatic carbocycles. The smallest absolute Gasteiger partial charge is 0.268 e. The van der Waals surface area contributed by atoms with Gasteiger partial charge < -0.3 is 0 Å². The molecule has 1 aliphatic heterocycles. The van der Waals surface area contributed by atoms with E-state index in [2.05, 4.69) is 0 Å². The number of thioether (sulfide) groups is 1. The molecule has 0 aliphatic carbocycles. The Morgan fingerprint density at radius 1 is 0.963 bits per heavy atom. The summed E-state index contributed by atoms with van der Waals surface area (Å²) in [6.07, 6.45) is 1.77. The lowest BCUT2D eigenvalue weighted by Crippen LogP contribution is -2.27. The molecule has 1 saturated heterocycles. The van der Waals surface area contributed by atoms with Crippen LogP contribution in [0.25, 0.3) is 16.8 Å². The van der Waals surface area contributed by atoms with Crippen molar-refractivity contribution in [2.24, 2.45) is 0 Å². The van der Waals surface area contributed by atoms with Gasteiger partial charge in [-0.2, -0.15) is 0 Å². The van der Waals surface area contributed by atoms with Crippen LogP contribution in [0.4, 0.5) is 4.79 Å². The van der Waals surface area contributed by atoms with Crippen LogP contribution in [-0.2, 0) is 11.3 Å². The monoisotopic (exact) mass is 413 g/mol. The molecule has 0 unspecified atom stereocenters. The second-order valence-corrected chi connectivity index (χ2v) is 7.91. The molecule has 1 fully saturated rings. The van der Waals surface area contributed by atoms with Crippen molar-refractivity contribution >= 4 is 63.0 Å². The Hall–Kier alpha value is -2.27. The zero-order valence-corrected chi connectivity index (χ0v) is 16.3. The SMILES string of the molecule is O=C1S/C(=C/c2cccc3ccccc23)C(=O)N1Cc1ccc(Cl)cc1Cl. The molecule has 0 aromatic heterocycles. The molecule has 27 heavy (non-hydrogen) atoms. The van der Waals surface area contributed by atoms with Crippen LogP contribution in [0, 0.1) is 0 Å². The summed E-state index contributed by atoms with van der Waals surface area (Å²) in [6, 6.07) is 18.8. The molecule has 0 radical (unpaired) electrons. The molecule has 6 heteroatoms. The van der Waals surface area contributed by atoms with Gasteiger partial charge in [0.05, 0.1) is 11.4 Å². The van der Waals surface area contributed by atoms with Crippen molar-refractivity contribution in [1.82, 2.24) is 4.90 Å². The molecule has 0 saturated carbocycles. The first-order chi connectivity index (χ1) is 13.0. The Morgan fingerprint density at radius 2 is 1.74 bits per heavy atom. The highest BCUT2D eigenvalue weighted by molar-refractivity contribution is 8.18. The first-order valence-corrected chi connectivity index (χ1v) is 9.77. The predicted octanol–water partition coefficient (Wildman–Crippen LogP) is 6.38. The summed E-state index contributed by atoms with van der Waals surface area (Å²) in [4.78, 5) is 26.8. The number of hydrogen-bond acceptors (Lipinski definition) is 3. The summed E-state index contributed by atoms with van der Waals surface area (Å²) in [5.74, 6) is -0.316. The minimum atomic E-state index is -0.316. The van der Waals surface area contributed by atoms with Crippen LogP contribution in [0.2, 0.25) is 10.0 Å². The third-order valence-electron chi connectivity index (χ3n) is 4.33. The van der Waals surface area contributed by atoms with E-state index >= 15 is 0 Å². The molecule has 1 aliphatic rings. The third kappa shape index (κ3) is 3.61. The van der Waals surface area contributed by atoms with E-state index in [0.29, 0.717) is 20.5 Å². The van der Waals surface area contributed by atoms with Gasteiger partial charge in [-0.3, -0.25) is 14.5 Å². The molecule has 0 spiro atoms. The highest BCUT2D eigenvalue weighted by Gasteiger charge is 2.35. The van der Waals surface area contributed by atoms with Crippen molar-refractivity contribution in [3.63, 3.8) is 0 Å². The minimum absolute atomic E-state index is 0.119. The molecule has 0 atom stereocenters. The normalized spacial score (nSPS) is 15.9. The quantitative estimate of drug-likeness (QED) is 0.467. The van der Waals surface area contributed by atoms with E-state index in [1.54, 1.807) is 24.3 Å². The lowest BCUT2D eigenvalue weighted by molar-refractivity contribution is -0.123. The number of halogens is 2. The highest BCUT2D eigenvalue weighted by atomic mass is 35.5. The lowest BCUT2D eigenvalue weighted by atomic mass is 10.0. The number of hydrogen-bond donors (Lipinski definition) is 0. The van der Waals surface area contributed by atoms with E-state index in [1.807, 2.05) is 42.5 Å². The van der Waals surface area contributed by atoms with Gasteiger partial charge in [-0.15, -0.1) is 0 Å². The van der Waals surface area contributed by atoms with E-state index < -0.39 is 0 Å². The minimum Gasteiger partial charge on any atom is -0.268 e. The first kappa shape index (κ1) is 18.1. The number of benzene rings is 3. The average molecular weight is 414 g/mol. The van der Waals surface area contributed by atoms with Gasteiger partial charge in [0.2, 0.25) is 0 Å². The summed E-state index contributed by atoms with van der Waals surface area (Å²) in [5, 5.41) is 2.75. The maximum absolute atomic E-state index is 12.8. The van der Waals surface area contributed by atoms with Crippen LogP contribution < -0.4 is 0 Å². The first-order valence-electron chi connectivity index (χ1n) is 8.20. The van der Waals surface area contributed by atoms with E-state index in [1.165, 1.54) is 4.90 Å². The number of carbonyl (C=O) groups excluding carboxylic acids is 2.